The van der Waals surface area contributed by atoms with E-state index in [1.807, 2.05) is 17.2 Å². The number of nitrogens with zero attached hydrogens (tertiary/aromatic N) is 2. The number of amides is 1. The molecule has 1 fully saturated rings. The maximum atomic E-state index is 12.6. The highest BCUT2D eigenvalue weighted by Crippen LogP contribution is 2.25. The minimum atomic E-state index is 0. The maximum Gasteiger partial charge on any atom is 0.226 e. The molecule has 2 rings (SSSR count). The van der Waals surface area contributed by atoms with E-state index in [0.29, 0.717) is 5.91 Å². The highest BCUT2D eigenvalue weighted by atomic mass is 35.5. The maximum absolute atomic E-state index is 12.6. The van der Waals surface area contributed by atoms with Gasteiger partial charge < -0.3 is 10.2 Å². The number of hydrogen-bond donors (Lipinski definition) is 1. The Morgan fingerprint density at radius 3 is 2.85 bits per heavy atom. The number of piperazine rings is 1. The molecule has 0 aliphatic carbocycles. The van der Waals surface area contributed by atoms with E-state index in [2.05, 4.69) is 30.2 Å². The summed E-state index contributed by atoms with van der Waals surface area (Å²) in [6, 6.07) is 4.11. The van der Waals surface area contributed by atoms with Gasteiger partial charge in [0.2, 0.25) is 5.91 Å². The molecule has 0 saturated carbocycles. The second kappa shape index (κ2) is 8.22. The third-order valence-corrected chi connectivity index (χ3v) is 3.93. The summed E-state index contributed by atoms with van der Waals surface area (Å²) in [5.74, 6) is 0.442. The second-order valence-corrected chi connectivity index (χ2v) is 5.05. The zero-order valence-corrected chi connectivity index (χ0v) is 13.0. The molecule has 1 aromatic rings. The van der Waals surface area contributed by atoms with Crippen LogP contribution in [0.15, 0.2) is 24.5 Å². The van der Waals surface area contributed by atoms with Crippen LogP contribution in [0.2, 0.25) is 0 Å². The molecule has 4 nitrogen and oxygen atoms in total. The molecule has 0 bridgehead atoms. The van der Waals surface area contributed by atoms with Crippen molar-refractivity contribution in [1.29, 1.82) is 0 Å². The van der Waals surface area contributed by atoms with Crippen LogP contribution >= 0.6 is 12.4 Å². The third kappa shape index (κ3) is 3.70. The van der Waals surface area contributed by atoms with Gasteiger partial charge in [-0.05, 0) is 24.5 Å². The highest BCUT2D eigenvalue weighted by molar-refractivity contribution is 5.85. The lowest BCUT2D eigenvalue weighted by Gasteiger charge is -2.38. The number of rotatable bonds is 4. The Hall–Kier alpha value is -1.13. The predicted octanol–water partition coefficient (Wildman–Crippen LogP) is 2.41. The Bertz CT molecular complexity index is 409. The van der Waals surface area contributed by atoms with Gasteiger partial charge in [-0.25, -0.2) is 0 Å². The first kappa shape index (κ1) is 16.9. The predicted molar refractivity (Wildman–Crippen MR) is 82.9 cm³/mol. The molecule has 1 aliphatic rings. The van der Waals surface area contributed by atoms with E-state index < -0.39 is 0 Å². The average Bonchev–Trinajstić information content (AvgIpc) is 2.49. The van der Waals surface area contributed by atoms with Gasteiger partial charge in [0.25, 0.3) is 0 Å². The van der Waals surface area contributed by atoms with Crippen molar-refractivity contribution in [1.82, 2.24) is 15.2 Å². The van der Waals surface area contributed by atoms with Gasteiger partial charge in [0.15, 0.2) is 0 Å². The van der Waals surface area contributed by atoms with Crippen molar-refractivity contribution < 1.29 is 4.79 Å². The largest absolute Gasteiger partial charge is 0.333 e. The summed E-state index contributed by atoms with van der Waals surface area (Å²) < 4.78 is 0. The van der Waals surface area contributed by atoms with E-state index in [1.54, 1.807) is 6.20 Å². The highest BCUT2D eigenvalue weighted by Gasteiger charge is 2.30. The van der Waals surface area contributed by atoms with Crippen LogP contribution in [0.3, 0.4) is 0 Å². The second-order valence-electron chi connectivity index (χ2n) is 5.05. The van der Waals surface area contributed by atoms with Crippen LogP contribution < -0.4 is 5.32 Å². The van der Waals surface area contributed by atoms with E-state index in [-0.39, 0.29) is 24.4 Å². The molecule has 1 saturated heterocycles. The van der Waals surface area contributed by atoms with E-state index >= 15 is 0 Å². The summed E-state index contributed by atoms with van der Waals surface area (Å²) in [7, 11) is 0. The fourth-order valence-corrected chi connectivity index (χ4v) is 2.71. The van der Waals surface area contributed by atoms with Crippen molar-refractivity contribution in [3.63, 3.8) is 0 Å². The molecule has 0 spiro atoms. The van der Waals surface area contributed by atoms with Gasteiger partial charge in [-0.15, -0.1) is 12.4 Å². The van der Waals surface area contributed by atoms with Crippen LogP contribution in [0, 0.1) is 5.92 Å². The molecule has 1 aromatic heterocycles. The third-order valence-electron chi connectivity index (χ3n) is 3.93. The molecule has 0 radical (unpaired) electrons. The van der Waals surface area contributed by atoms with Crippen molar-refractivity contribution in [2.45, 2.75) is 32.7 Å². The quantitative estimate of drug-likeness (QED) is 0.928. The molecule has 5 heteroatoms. The van der Waals surface area contributed by atoms with Gasteiger partial charge in [0.05, 0.1) is 6.04 Å². The van der Waals surface area contributed by atoms with Crippen molar-refractivity contribution in [2.75, 3.05) is 19.6 Å². The molecule has 112 valence electrons. The first-order chi connectivity index (χ1) is 9.27. The van der Waals surface area contributed by atoms with Crippen LogP contribution in [0.4, 0.5) is 0 Å². The number of pyridine rings is 1. The van der Waals surface area contributed by atoms with Crippen LogP contribution in [-0.2, 0) is 4.79 Å². The standard InChI is InChI=1S/C15H23N3O.ClH/c1-3-12(4-2)15(19)18-9-8-17-11-14(18)13-6-5-7-16-10-13;/h5-7,10,12,14,17H,3-4,8-9,11H2,1-2H3;1H. The minimum absolute atomic E-state index is 0. The van der Waals surface area contributed by atoms with Crippen LogP contribution in [0.1, 0.15) is 38.3 Å². The summed E-state index contributed by atoms with van der Waals surface area (Å²) >= 11 is 0. The zero-order chi connectivity index (χ0) is 13.7. The fraction of sp³-hybridized carbons (Fsp3) is 0.600. The number of nitrogens with one attached hydrogen (secondary N) is 1. The van der Waals surface area contributed by atoms with Gasteiger partial charge in [0.1, 0.15) is 0 Å². The summed E-state index contributed by atoms with van der Waals surface area (Å²) in [4.78, 5) is 18.8. The van der Waals surface area contributed by atoms with Crippen molar-refractivity contribution in [2.24, 2.45) is 5.92 Å². The molecule has 2 heterocycles. The normalized spacial score (nSPS) is 18.8. The fourth-order valence-electron chi connectivity index (χ4n) is 2.71. The molecular formula is C15H24ClN3O. The number of carbonyl (C=O) groups excluding carboxylic acids is 1. The first-order valence-electron chi connectivity index (χ1n) is 7.19. The Morgan fingerprint density at radius 1 is 1.50 bits per heavy atom. The Balaban J connectivity index is 0.00000200. The lowest BCUT2D eigenvalue weighted by molar-refractivity contribution is -0.139. The lowest BCUT2D eigenvalue weighted by atomic mass is 9.98. The van der Waals surface area contributed by atoms with Crippen LogP contribution in [-0.4, -0.2) is 35.4 Å². The first-order valence-corrected chi connectivity index (χ1v) is 7.19. The van der Waals surface area contributed by atoms with E-state index in [9.17, 15) is 4.79 Å². The summed E-state index contributed by atoms with van der Waals surface area (Å²) in [5.41, 5.74) is 1.12. The molecule has 1 unspecified atom stereocenters. The minimum Gasteiger partial charge on any atom is -0.333 e. The lowest BCUT2D eigenvalue weighted by Crippen LogP contribution is -2.50. The summed E-state index contributed by atoms with van der Waals surface area (Å²) in [6.45, 7) is 6.66. The molecule has 0 aromatic carbocycles. The monoisotopic (exact) mass is 297 g/mol. The zero-order valence-electron chi connectivity index (χ0n) is 12.2. The Labute approximate surface area is 127 Å². The number of carbonyl (C=O) groups is 1. The van der Waals surface area contributed by atoms with E-state index in [4.69, 9.17) is 0 Å². The van der Waals surface area contributed by atoms with Crippen molar-refractivity contribution in [3.05, 3.63) is 30.1 Å². The van der Waals surface area contributed by atoms with Crippen molar-refractivity contribution in [3.8, 4) is 0 Å². The Kier molecular flexibility index (Phi) is 6.96. The molecular weight excluding hydrogens is 274 g/mol. The summed E-state index contributed by atoms with van der Waals surface area (Å²) in [5, 5.41) is 3.37. The van der Waals surface area contributed by atoms with Gasteiger partial charge in [-0.3, -0.25) is 9.78 Å². The van der Waals surface area contributed by atoms with E-state index in [1.165, 1.54) is 0 Å². The molecule has 1 amide bonds. The van der Waals surface area contributed by atoms with Gasteiger partial charge in [0, 0.05) is 37.9 Å². The summed E-state index contributed by atoms with van der Waals surface area (Å²) in [6.07, 6.45) is 5.47. The Morgan fingerprint density at radius 2 is 2.25 bits per heavy atom. The van der Waals surface area contributed by atoms with Gasteiger partial charge in [-0.1, -0.05) is 19.9 Å². The number of halogens is 1. The SMILES string of the molecule is CCC(CC)C(=O)N1CCNCC1c1cccnc1.Cl. The van der Waals surface area contributed by atoms with Crippen LogP contribution in [0.25, 0.3) is 0 Å². The molecule has 20 heavy (non-hydrogen) atoms. The van der Waals surface area contributed by atoms with Crippen molar-refractivity contribution >= 4 is 18.3 Å². The smallest absolute Gasteiger partial charge is 0.226 e. The molecule has 1 N–H and O–H groups in total. The molecule has 1 aliphatic heterocycles. The number of aromatic nitrogens is 1. The molecule has 1 atom stereocenters. The average molecular weight is 298 g/mol. The number of hydrogen-bond acceptors (Lipinski definition) is 3. The van der Waals surface area contributed by atoms with E-state index in [0.717, 1.165) is 38.0 Å². The topological polar surface area (TPSA) is 45.2 Å². The van der Waals surface area contributed by atoms with Gasteiger partial charge >= 0.3 is 0 Å². The van der Waals surface area contributed by atoms with Gasteiger partial charge in [-0.2, -0.15) is 0 Å². The van der Waals surface area contributed by atoms with Crippen LogP contribution in [0.5, 0.6) is 0 Å².